The van der Waals surface area contributed by atoms with Gasteiger partial charge in [0.1, 0.15) is 11.6 Å². The van der Waals surface area contributed by atoms with E-state index in [0.29, 0.717) is 28.6 Å². The molecule has 5 heteroatoms. The largest absolute Gasteiger partial charge is 0.383 e. The second-order valence-electron chi connectivity index (χ2n) is 4.04. The lowest BCUT2D eigenvalue weighted by Crippen LogP contribution is -2.18. The van der Waals surface area contributed by atoms with E-state index in [-0.39, 0.29) is 5.56 Å². The number of aromatic amines is 1. The van der Waals surface area contributed by atoms with E-state index in [4.69, 9.17) is 17.3 Å². The molecule has 1 heterocycles. The van der Waals surface area contributed by atoms with Crippen LogP contribution in [0.15, 0.2) is 29.1 Å². The predicted octanol–water partition coefficient (Wildman–Crippen LogP) is 2.62. The summed E-state index contributed by atoms with van der Waals surface area (Å²) >= 11 is 5.81. The third-order valence-electron chi connectivity index (χ3n) is 2.67. The quantitative estimate of drug-likeness (QED) is 0.894. The summed E-state index contributed by atoms with van der Waals surface area (Å²) in [5, 5.41) is 0.636. The second kappa shape index (κ2) is 5.23. The van der Waals surface area contributed by atoms with Crippen molar-refractivity contribution in [3.8, 4) is 11.4 Å². The molecular weight excluding hydrogens is 250 g/mol. The SMILES string of the molecule is CCCc1c(N)nc(-c2ccc(Cl)cc2)[nH]c1=O. The van der Waals surface area contributed by atoms with Gasteiger partial charge in [-0.3, -0.25) is 4.79 Å². The van der Waals surface area contributed by atoms with Crippen LogP contribution >= 0.6 is 11.6 Å². The molecule has 2 aromatic rings. The third-order valence-corrected chi connectivity index (χ3v) is 2.92. The van der Waals surface area contributed by atoms with Gasteiger partial charge in [0, 0.05) is 10.6 Å². The number of benzene rings is 1. The van der Waals surface area contributed by atoms with Crippen molar-refractivity contribution in [3.05, 3.63) is 45.2 Å². The standard InChI is InChI=1S/C13H14ClN3O/c1-2-3-10-11(15)16-12(17-13(10)18)8-4-6-9(14)7-5-8/h4-7H,2-3H2,1H3,(H3,15,16,17,18). The molecule has 1 aromatic carbocycles. The molecule has 0 atom stereocenters. The number of nitrogens with zero attached hydrogens (tertiary/aromatic N) is 1. The lowest BCUT2D eigenvalue weighted by Gasteiger charge is -2.06. The van der Waals surface area contributed by atoms with E-state index in [1.807, 2.05) is 6.92 Å². The molecule has 4 nitrogen and oxygen atoms in total. The first-order valence-electron chi connectivity index (χ1n) is 5.76. The minimum Gasteiger partial charge on any atom is -0.383 e. The second-order valence-corrected chi connectivity index (χ2v) is 4.47. The van der Waals surface area contributed by atoms with Crippen molar-refractivity contribution in [2.75, 3.05) is 5.73 Å². The fraction of sp³-hybridized carbons (Fsp3) is 0.231. The first kappa shape index (κ1) is 12.6. The Morgan fingerprint density at radius 2 is 2.00 bits per heavy atom. The number of aromatic nitrogens is 2. The molecule has 0 aliphatic rings. The van der Waals surface area contributed by atoms with Gasteiger partial charge in [0.25, 0.3) is 5.56 Å². The molecule has 0 saturated heterocycles. The van der Waals surface area contributed by atoms with Gasteiger partial charge in [-0.25, -0.2) is 4.98 Å². The van der Waals surface area contributed by atoms with Crippen molar-refractivity contribution in [1.82, 2.24) is 9.97 Å². The smallest absolute Gasteiger partial charge is 0.256 e. The molecule has 94 valence electrons. The molecule has 0 fully saturated rings. The fourth-order valence-electron chi connectivity index (χ4n) is 1.75. The predicted molar refractivity (Wildman–Crippen MR) is 73.7 cm³/mol. The molecule has 0 aliphatic heterocycles. The highest BCUT2D eigenvalue weighted by Gasteiger charge is 2.09. The number of nitrogens with one attached hydrogen (secondary N) is 1. The number of nitrogen functional groups attached to an aromatic ring is 1. The number of hydrogen-bond acceptors (Lipinski definition) is 3. The van der Waals surface area contributed by atoms with Crippen molar-refractivity contribution < 1.29 is 0 Å². The highest BCUT2D eigenvalue weighted by atomic mass is 35.5. The zero-order valence-electron chi connectivity index (χ0n) is 10.0. The Kier molecular flexibility index (Phi) is 3.67. The Hall–Kier alpha value is -1.81. The zero-order chi connectivity index (χ0) is 13.1. The van der Waals surface area contributed by atoms with Gasteiger partial charge in [0.05, 0.1) is 5.56 Å². The Labute approximate surface area is 110 Å². The summed E-state index contributed by atoms with van der Waals surface area (Å²) in [7, 11) is 0. The van der Waals surface area contributed by atoms with Gasteiger partial charge in [0.2, 0.25) is 0 Å². The van der Waals surface area contributed by atoms with E-state index in [9.17, 15) is 4.79 Å². The van der Waals surface area contributed by atoms with Crippen molar-refractivity contribution in [1.29, 1.82) is 0 Å². The first-order chi connectivity index (χ1) is 8.61. The maximum atomic E-state index is 11.9. The minimum atomic E-state index is -0.172. The van der Waals surface area contributed by atoms with Crippen molar-refractivity contribution in [3.63, 3.8) is 0 Å². The van der Waals surface area contributed by atoms with Crippen LogP contribution in [0.25, 0.3) is 11.4 Å². The molecule has 3 N–H and O–H groups in total. The van der Waals surface area contributed by atoms with E-state index < -0.39 is 0 Å². The van der Waals surface area contributed by atoms with E-state index in [1.165, 1.54) is 0 Å². The monoisotopic (exact) mass is 263 g/mol. The summed E-state index contributed by atoms with van der Waals surface area (Å²) < 4.78 is 0. The highest BCUT2D eigenvalue weighted by Crippen LogP contribution is 2.18. The van der Waals surface area contributed by atoms with Crippen LogP contribution in [0, 0.1) is 0 Å². The van der Waals surface area contributed by atoms with E-state index in [1.54, 1.807) is 24.3 Å². The van der Waals surface area contributed by atoms with Gasteiger partial charge in [-0.05, 0) is 30.7 Å². The summed E-state index contributed by atoms with van der Waals surface area (Å²) in [5.74, 6) is 0.763. The first-order valence-corrected chi connectivity index (χ1v) is 6.14. The van der Waals surface area contributed by atoms with Gasteiger partial charge in [-0.2, -0.15) is 0 Å². The molecule has 1 aromatic heterocycles. The van der Waals surface area contributed by atoms with Crippen molar-refractivity contribution >= 4 is 17.4 Å². The normalized spacial score (nSPS) is 10.6. The van der Waals surface area contributed by atoms with E-state index in [0.717, 1.165) is 12.0 Å². The van der Waals surface area contributed by atoms with Crippen LogP contribution in [-0.2, 0) is 6.42 Å². The maximum absolute atomic E-state index is 11.9. The third kappa shape index (κ3) is 2.54. The van der Waals surface area contributed by atoms with Crippen LogP contribution in [0.2, 0.25) is 5.02 Å². The summed E-state index contributed by atoms with van der Waals surface area (Å²) in [4.78, 5) is 18.9. The molecule has 0 unspecified atom stereocenters. The summed E-state index contributed by atoms with van der Waals surface area (Å²) in [6.07, 6.45) is 1.49. The zero-order valence-corrected chi connectivity index (χ0v) is 10.8. The van der Waals surface area contributed by atoms with Crippen LogP contribution in [0.5, 0.6) is 0 Å². The van der Waals surface area contributed by atoms with E-state index >= 15 is 0 Å². The summed E-state index contributed by atoms with van der Waals surface area (Å²) in [6, 6.07) is 7.07. The summed E-state index contributed by atoms with van der Waals surface area (Å²) in [6.45, 7) is 1.99. The molecule has 0 spiro atoms. The van der Waals surface area contributed by atoms with Crippen LogP contribution in [0.4, 0.5) is 5.82 Å². The Morgan fingerprint density at radius 1 is 1.33 bits per heavy atom. The van der Waals surface area contributed by atoms with Crippen LogP contribution < -0.4 is 11.3 Å². The Bertz CT molecular complexity index is 605. The molecule has 18 heavy (non-hydrogen) atoms. The number of halogens is 1. The molecule has 0 amide bonds. The van der Waals surface area contributed by atoms with Crippen LogP contribution in [0.3, 0.4) is 0 Å². The van der Waals surface area contributed by atoms with Gasteiger partial charge < -0.3 is 10.7 Å². The van der Waals surface area contributed by atoms with Crippen LogP contribution in [-0.4, -0.2) is 9.97 Å². The van der Waals surface area contributed by atoms with Gasteiger partial charge in [0.15, 0.2) is 0 Å². The number of anilines is 1. The lowest BCUT2D eigenvalue weighted by molar-refractivity contribution is 0.892. The fourth-order valence-corrected chi connectivity index (χ4v) is 1.88. The maximum Gasteiger partial charge on any atom is 0.256 e. The molecule has 2 rings (SSSR count). The average molecular weight is 264 g/mol. The molecule has 0 aliphatic carbocycles. The van der Waals surface area contributed by atoms with Crippen LogP contribution in [0.1, 0.15) is 18.9 Å². The Balaban J connectivity index is 2.48. The van der Waals surface area contributed by atoms with Crippen molar-refractivity contribution in [2.24, 2.45) is 0 Å². The molecule has 0 radical (unpaired) electrons. The van der Waals surface area contributed by atoms with Gasteiger partial charge in [-0.15, -0.1) is 0 Å². The van der Waals surface area contributed by atoms with Gasteiger partial charge >= 0.3 is 0 Å². The lowest BCUT2D eigenvalue weighted by atomic mass is 10.1. The Morgan fingerprint density at radius 3 is 2.56 bits per heavy atom. The summed E-state index contributed by atoms with van der Waals surface area (Å²) in [5.41, 5.74) is 6.98. The molecule has 0 bridgehead atoms. The number of hydrogen-bond donors (Lipinski definition) is 2. The van der Waals surface area contributed by atoms with Crippen molar-refractivity contribution in [2.45, 2.75) is 19.8 Å². The number of nitrogens with two attached hydrogens (primary N) is 1. The average Bonchev–Trinajstić information content (AvgIpc) is 2.34. The highest BCUT2D eigenvalue weighted by molar-refractivity contribution is 6.30. The topological polar surface area (TPSA) is 71.8 Å². The number of rotatable bonds is 3. The molecular formula is C13H14ClN3O. The molecule has 0 saturated carbocycles. The minimum absolute atomic E-state index is 0.172. The number of H-pyrrole nitrogens is 1. The van der Waals surface area contributed by atoms with Gasteiger partial charge in [-0.1, -0.05) is 24.9 Å². The van der Waals surface area contributed by atoms with E-state index in [2.05, 4.69) is 9.97 Å².